The van der Waals surface area contributed by atoms with Crippen LogP contribution in [0.1, 0.15) is 46.0 Å². The lowest BCUT2D eigenvalue weighted by Gasteiger charge is -2.45. The predicted molar refractivity (Wildman–Crippen MR) is 63.3 cm³/mol. The van der Waals surface area contributed by atoms with Gasteiger partial charge in [-0.05, 0) is 44.1 Å². The van der Waals surface area contributed by atoms with E-state index in [0.29, 0.717) is 18.5 Å². The molecule has 0 spiro atoms. The van der Waals surface area contributed by atoms with Crippen molar-refractivity contribution < 1.29 is 9.90 Å². The largest absolute Gasteiger partial charge is 0.481 e. The van der Waals surface area contributed by atoms with E-state index >= 15 is 0 Å². The van der Waals surface area contributed by atoms with Crippen LogP contribution in [-0.4, -0.2) is 34.6 Å². The van der Waals surface area contributed by atoms with Crippen LogP contribution < -0.4 is 0 Å². The lowest BCUT2D eigenvalue weighted by molar-refractivity contribution is -0.138. The number of carboxylic acids is 1. The molecule has 0 aromatic heterocycles. The van der Waals surface area contributed by atoms with Crippen molar-refractivity contribution in [2.75, 3.05) is 6.54 Å². The van der Waals surface area contributed by atoms with Crippen LogP contribution in [0.5, 0.6) is 0 Å². The summed E-state index contributed by atoms with van der Waals surface area (Å²) in [6.45, 7) is 5.70. The third-order valence-electron chi connectivity index (χ3n) is 4.39. The monoisotopic (exact) mass is 225 g/mol. The van der Waals surface area contributed by atoms with E-state index in [2.05, 4.69) is 18.7 Å². The van der Waals surface area contributed by atoms with Crippen LogP contribution in [0.15, 0.2) is 0 Å². The molecule has 92 valence electrons. The fourth-order valence-corrected chi connectivity index (χ4v) is 3.20. The number of rotatable bonds is 4. The molecule has 2 fully saturated rings. The van der Waals surface area contributed by atoms with E-state index in [9.17, 15) is 4.79 Å². The average molecular weight is 225 g/mol. The zero-order valence-corrected chi connectivity index (χ0v) is 10.4. The van der Waals surface area contributed by atoms with Gasteiger partial charge in [-0.1, -0.05) is 13.8 Å². The van der Waals surface area contributed by atoms with Crippen molar-refractivity contribution in [1.82, 2.24) is 4.90 Å². The van der Waals surface area contributed by atoms with Gasteiger partial charge in [-0.25, -0.2) is 0 Å². The third kappa shape index (κ3) is 2.40. The van der Waals surface area contributed by atoms with E-state index in [-0.39, 0.29) is 0 Å². The van der Waals surface area contributed by atoms with Crippen molar-refractivity contribution in [2.45, 2.75) is 58.0 Å². The summed E-state index contributed by atoms with van der Waals surface area (Å²) in [5.41, 5.74) is 0. The highest BCUT2D eigenvalue weighted by molar-refractivity contribution is 5.67. The summed E-state index contributed by atoms with van der Waals surface area (Å²) in [5.74, 6) is 1.02. The number of hydrogen-bond acceptors (Lipinski definition) is 2. The Morgan fingerprint density at radius 2 is 2.12 bits per heavy atom. The molecule has 3 heteroatoms. The van der Waals surface area contributed by atoms with Crippen LogP contribution >= 0.6 is 0 Å². The standard InChI is InChI=1S/C13H23NO2/c1-9(2)10-6-12(7-10)14-5-3-4-11(14)8-13(15)16/h9-12H,3-8H2,1-2H3,(H,15,16). The molecule has 0 bridgehead atoms. The van der Waals surface area contributed by atoms with Gasteiger partial charge in [0.1, 0.15) is 0 Å². The number of nitrogens with zero attached hydrogens (tertiary/aromatic N) is 1. The highest BCUT2D eigenvalue weighted by Gasteiger charge is 2.40. The minimum Gasteiger partial charge on any atom is -0.481 e. The minimum absolute atomic E-state index is 0.315. The zero-order valence-electron chi connectivity index (χ0n) is 10.4. The molecule has 0 aromatic carbocycles. The summed E-state index contributed by atoms with van der Waals surface area (Å²) >= 11 is 0. The van der Waals surface area contributed by atoms with E-state index in [1.165, 1.54) is 19.3 Å². The zero-order chi connectivity index (χ0) is 11.7. The van der Waals surface area contributed by atoms with Crippen molar-refractivity contribution in [2.24, 2.45) is 11.8 Å². The lowest BCUT2D eigenvalue weighted by atomic mass is 9.73. The summed E-state index contributed by atoms with van der Waals surface area (Å²) in [7, 11) is 0. The Bertz CT molecular complexity index is 259. The van der Waals surface area contributed by atoms with Gasteiger partial charge in [0.15, 0.2) is 0 Å². The van der Waals surface area contributed by atoms with Crippen molar-refractivity contribution in [1.29, 1.82) is 0 Å². The van der Waals surface area contributed by atoms with E-state index in [1.807, 2.05) is 0 Å². The molecule has 1 aliphatic carbocycles. The number of hydrogen-bond donors (Lipinski definition) is 1. The maximum Gasteiger partial charge on any atom is 0.304 e. The van der Waals surface area contributed by atoms with Gasteiger partial charge in [-0.15, -0.1) is 0 Å². The highest BCUT2D eigenvalue weighted by Crippen LogP contribution is 2.40. The summed E-state index contributed by atoms with van der Waals surface area (Å²) < 4.78 is 0. The minimum atomic E-state index is -0.642. The van der Waals surface area contributed by atoms with Gasteiger partial charge >= 0.3 is 5.97 Å². The van der Waals surface area contributed by atoms with Crippen LogP contribution in [0.3, 0.4) is 0 Å². The molecule has 1 atom stereocenters. The van der Waals surface area contributed by atoms with Crippen molar-refractivity contribution in [3.05, 3.63) is 0 Å². The van der Waals surface area contributed by atoms with Gasteiger partial charge < -0.3 is 5.11 Å². The van der Waals surface area contributed by atoms with E-state index in [4.69, 9.17) is 5.11 Å². The van der Waals surface area contributed by atoms with E-state index in [1.54, 1.807) is 0 Å². The summed E-state index contributed by atoms with van der Waals surface area (Å²) in [5, 5.41) is 8.88. The van der Waals surface area contributed by atoms with E-state index in [0.717, 1.165) is 24.8 Å². The molecule has 0 radical (unpaired) electrons. The van der Waals surface area contributed by atoms with Crippen LogP contribution in [0.2, 0.25) is 0 Å². The first kappa shape index (κ1) is 11.9. The molecule has 1 saturated heterocycles. The van der Waals surface area contributed by atoms with Crippen LogP contribution in [-0.2, 0) is 4.79 Å². The Kier molecular flexibility index (Phi) is 3.53. The first-order valence-electron chi connectivity index (χ1n) is 6.55. The molecule has 3 nitrogen and oxygen atoms in total. The topological polar surface area (TPSA) is 40.5 Å². The van der Waals surface area contributed by atoms with Crippen molar-refractivity contribution in [3.8, 4) is 0 Å². The fourth-order valence-electron chi connectivity index (χ4n) is 3.20. The van der Waals surface area contributed by atoms with Gasteiger partial charge in [-0.3, -0.25) is 9.69 Å². The molecule has 0 aromatic rings. The first-order valence-corrected chi connectivity index (χ1v) is 6.55. The summed E-state index contributed by atoms with van der Waals surface area (Å²) in [6.07, 6.45) is 5.17. The van der Waals surface area contributed by atoms with Gasteiger partial charge in [0.25, 0.3) is 0 Å². The molecule has 2 aliphatic rings. The highest BCUT2D eigenvalue weighted by atomic mass is 16.4. The third-order valence-corrected chi connectivity index (χ3v) is 4.39. The Morgan fingerprint density at radius 3 is 2.69 bits per heavy atom. The average Bonchev–Trinajstić information content (AvgIpc) is 2.48. The number of aliphatic carboxylic acids is 1. The maximum absolute atomic E-state index is 10.8. The van der Waals surface area contributed by atoms with E-state index < -0.39 is 5.97 Å². The van der Waals surface area contributed by atoms with Gasteiger partial charge in [0.05, 0.1) is 6.42 Å². The van der Waals surface area contributed by atoms with Crippen molar-refractivity contribution in [3.63, 3.8) is 0 Å². The molecule has 1 aliphatic heterocycles. The maximum atomic E-state index is 10.8. The normalized spacial score (nSPS) is 35.3. The Labute approximate surface area is 97.8 Å². The molecule has 1 unspecified atom stereocenters. The van der Waals surface area contributed by atoms with Gasteiger partial charge in [-0.2, -0.15) is 0 Å². The molecule has 1 saturated carbocycles. The molecular weight excluding hydrogens is 202 g/mol. The first-order chi connectivity index (χ1) is 7.58. The predicted octanol–water partition coefficient (Wildman–Crippen LogP) is 2.36. The molecule has 1 heterocycles. The smallest absolute Gasteiger partial charge is 0.304 e. The Balaban J connectivity index is 1.83. The number of likely N-dealkylation sites (tertiary alicyclic amines) is 1. The Morgan fingerprint density at radius 1 is 1.44 bits per heavy atom. The molecule has 2 rings (SSSR count). The quantitative estimate of drug-likeness (QED) is 0.798. The summed E-state index contributed by atoms with van der Waals surface area (Å²) in [6, 6.07) is 0.995. The fraction of sp³-hybridized carbons (Fsp3) is 0.923. The molecule has 0 amide bonds. The van der Waals surface area contributed by atoms with Gasteiger partial charge in [0.2, 0.25) is 0 Å². The number of carboxylic acid groups (broad SMARTS) is 1. The van der Waals surface area contributed by atoms with Crippen LogP contribution in [0.4, 0.5) is 0 Å². The summed E-state index contributed by atoms with van der Waals surface area (Å²) in [4.78, 5) is 13.2. The SMILES string of the molecule is CC(C)C1CC(N2CCCC2CC(=O)O)C1. The van der Waals surface area contributed by atoms with Crippen LogP contribution in [0, 0.1) is 11.8 Å². The van der Waals surface area contributed by atoms with Crippen LogP contribution in [0.25, 0.3) is 0 Å². The second-order valence-corrected chi connectivity index (χ2v) is 5.76. The second kappa shape index (κ2) is 4.74. The molecular formula is C13H23NO2. The van der Waals surface area contributed by atoms with Crippen molar-refractivity contribution >= 4 is 5.97 Å². The van der Waals surface area contributed by atoms with Gasteiger partial charge in [0, 0.05) is 12.1 Å². The lowest BCUT2D eigenvalue weighted by Crippen LogP contribution is -2.48. The number of carbonyl (C=O) groups is 1. The molecule has 1 N–H and O–H groups in total. The molecule has 16 heavy (non-hydrogen) atoms. The second-order valence-electron chi connectivity index (χ2n) is 5.76. The Hall–Kier alpha value is -0.570.